The molecule has 0 atom stereocenters. The minimum Gasteiger partial charge on any atom is -0.225 e. The second-order valence-electron chi connectivity index (χ2n) is 5.43. The van der Waals surface area contributed by atoms with Crippen molar-refractivity contribution in [3.8, 4) is 0 Å². The van der Waals surface area contributed by atoms with E-state index < -0.39 is 10.0 Å². The number of hydrogen-bond donors (Lipinski definition) is 1. The van der Waals surface area contributed by atoms with E-state index in [-0.39, 0.29) is 0 Å². The molecule has 3 rings (SSSR count). The maximum Gasteiger partial charge on any atom is 0.238 e. The van der Waals surface area contributed by atoms with E-state index in [1.54, 1.807) is 0 Å². The van der Waals surface area contributed by atoms with Gasteiger partial charge in [-0.2, -0.15) is 0 Å². The second kappa shape index (κ2) is 4.35. The summed E-state index contributed by atoms with van der Waals surface area (Å²) in [5.41, 5.74) is 4.99. The third kappa shape index (κ3) is 1.97. The van der Waals surface area contributed by atoms with Crippen molar-refractivity contribution in [3.05, 3.63) is 28.3 Å². The van der Waals surface area contributed by atoms with E-state index in [1.807, 2.05) is 6.07 Å². The predicted molar refractivity (Wildman–Crippen MR) is 71.1 cm³/mol. The highest BCUT2D eigenvalue weighted by molar-refractivity contribution is 7.89. The van der Waals surface area contributed by atoms with Crippen LogP contribution in [0.4, 0.5) is 0 Å². The Morgan fingerprint density at radius 3 is 2.06 bits per heavy atom. The summed E-state index contributed by atoms with van der Waals surface area (Å²) in [6.45, 7) is 0. The highest BCUT2D eigenvalue weighted by Crippen LogP contribution is 2.35. The Kier molecular flexibility index (Phi) is 2.94. The van der Waals surface area contributed by atoms with Crippen molar-refractivity contribution >= 4 is 10.0 Å². The third-order valence-electron chi connectivity index (χ3n) is 4.25. The molecule has 0 radical (unpaired) electrons. The first-order valence-corrected chi connectivity index (χ1v) is 8.31. The summed E-state index contributed by atoms with van der Waals surface area (Å²) in [5, 5.41) is 5.39. The largest absolute Gasteiger partial charge is 0.238 e. The molecule has 18 heavy (non-hydrogen) atoms. The molecule has 2 N–H and O–H groups in total. The van der Waals surface area contributed by atoms with E-state index in [0.29, 0.717) is 4.90 Å². The molecule has 1 aromatic rings. The van der Waals surface area contributed by atoms with Crippen LogP contribution in [-0.2, 0) is 35.7 Å². The number of benzene rings is 1. The Bertz CT molecular complexity index is 590. The van der Waals surface area contributed by atoms with Crippen molar-refractivity contribution in [2.75, 3.05) is 0 Å². The molecular weight excluding hydrogens is 246 g/mol. The van der Waals surface area contributed by atoms with Gasteiger partial charge in [-0.05, 0) is 79.7 Å². The van der Waals surface area contributed by atoms with Crippen molar-refractivity contribution in [2.45, 2.75) is 56.3 Å². The Hall–Kier alpha value is -0.870. The summed E-state index contributed by atoms with van der Waals surface area (Å²) in [5.74, 6) is 0. The highest BCUT2D eigenvalue weighted by Gasteiger charge is 2.25. The van der Waals surface area contributed by atoms with Crippen LogP contribution in [0.15, 0.2) is 11.0 Å². The molecule has 0 fully saturated rings. The monoisotopic (exact) mass is 265 g/mol. The first-order chi connectivity index (χ1) is 8.57. The Labute approximate surface area is 108 Å². The van der Waals surface area contributed by atoms with Crippen molar-refractivity contribution < 1.29 is 8.42 Å². The van der Waals surface area contributed by atoms with Gasteiger partial charge in [0.15, 0.2) is 0 Å². The number of fused-ring (bicyclic) bond motifs is 3. The van der Waals surface area contributed by atoms with E-state index in [1.165, 1.54) is 29.5 Å². The van der Waals surface area contributed by atoms with Gasteiger partial charge in [-0.3, -0.25) is 0 Å². The van der Waals surface area contributed by atoms with E-state index in [9.17, 15) is 8.42 Å². The lowest BCUT2D eigenvalue weighted by molar-refractivity contribution is 0.589. The summed E-state index contributed by atoms with van der Waals surface area (Å²) in [7, 11) is -3.58. The fourth-order valence-electron chi connectivity index (χ4n) is 3.44. The molecule has 1 aromatic carbocycles. The Balaban J connectivity index is 2.28. The normalized spacial score (nSPS) is 19.2. The average Bonchev–Trinajstić information content (AvgIpc) is 2.37. The quantitative estimate of drug-likeness (QED) is 0.845. The van der Waals surface area contributed by atoms with Gasteiger partial charge in [0, 0.05) is 0 Å². The first kappa shape index (κ1) is 12.2. The number of nitrogens with two attached hydrogens (primary N) is 1. The van der Waals surface area contributed by atoms with Gasteiger partial charge < -0.3 is 0 Å². The molecule has 0 amide bonds. The molecule has 0 saturated heterocycles. The molecule has 2 aliphatic carbocycles. The van der Waals surface area contributed by atoms with Gasteiger partial charge in [-0.15, -0.1) is 0 Å². The molecule has 4 heteroatoms. The number of rotatable bonds is 1. The zero-order valence-corrected chi connectivity index (χ0v) is 11.4. The van der Waals surface area contributed by atoms with Crippen LogP contribution < -0.4 is 5.14 Å². The highest BCUT2D eigenvalue weighted by atomic mass is 32.2. The van der Waals surface area contributed by atoms with Crippen LogP contribution in [0.3, 0.4) is 0 Å². The zero-order valence-electron chi connectivity index (χ0n) is 10.5. The van der Waals surface area contributed by atoms with Crippen LogP contribution in [0.2, 0.25) is 0 Å². The van der Waals surface area contributed by atoms with Crippen LogP contribution >= 0.6 is 0 Å². The summed E-state index contributed by atoms with van der Waals surface area (Å²) in [4.78, 5) is 0.401. The topological polar surface area (TPSA) is 60.2 Å². The van der Waals surface area contributed by atoms with Crippen LogP contribution in [0.25, 0.3) is 0 Å². The molecule has 0 aliphatic heterocycles. The molecular formula is C14H19NO2S. The van der Waals surface area contributed by atoms with E-state index >= 15 is 0 Å². The van der Waals surface area contributed by atoms with E-state index in [2.05, 4.69) is 0 Å². The SMILES string of the molecule is NS(=O)(=O)c1cc2c(c3c1CCCC3)CCCC2. The second-order valence-corrected chi connectivity index (χ2v) is 6.96. The van der Waals surface area contributed by atoms with Gasteiger partial charge in [0.1, 0.15) is 0 Å². The lowest BCUT2D eigenvalue weighted by atomic mass is 9.80. The summed E-state index contributed by atoms with van der Waals surface area (Å²) >= 11 is 0. The van der Waals surface area contributed by atoms with Crippen molar-refractivity contribution in [1.29, 1.82) is 0 Å². The Morgan fingerprint density at radius 1 is 0.833 bits per heavy atom. The van der Waals surface area contributed by atoms with Gasteiger partial charge in [-0.1, -0.05) is 0 Å². The molecule has 0 heterocycles. The van der Waals surface area contributed by atoms with Crippen LogP contribution in [0.1, 0.15) is 47.9 Å². The van der Waals surface area contributed by atoms with Gasteiger partial charge in [0.2, 0.25) is 10.0 Å². The lowest BCUT2D eigenvalue weighted by Gasteiger charge is -2.27. The molecule has 0 spiro atoms. The molecule has 0 aromatic heterocycles. The molecule has 0 unspecified atom stereocenters. The molecule has 0 bridgehead atoms. The molecule has 0 saturated carbocycles. The van der Waals surface area contributed by atoms with Crippen molar-refractivity contribution in [1.82, 2.24) is 0 Å². The fraction of sp³-hybridized carbons (Fsp3) is 0.571. The fourth-order valence-corrected chi connectivity index (χ4v) is 4.32. The molecule has 98 valence electrons. The average molecular weight is 265 g/mol. The maximum absolute atomic E-state index is 11.8. The number of primary sulfonamides is 1. The number of hydrogen-bond acceptors (Lipinski definition) is 2. The van der Waals surface area contributed by atoms with Crippen LogP contribution in [0.5, 0.6) is 0 Å². The Morgan fingerprint density at radius 2 is 1.39 bits per heavy atom. The predicted octanol–water partition coefficient (Wildman–Crippen LogP) is 2.09. The van der Waals surface area contributed by atoms with Gasteiger partial charge >= 0.3 is 0 Å². The van der Waals surface area contributed by atoms with Gasteiger partial charge in [0.05, 0.1) is 4.90 Å². The van der Waals surface area contributed by atoms with Crippen LogP contribution in [-0.4, -0.2) is 8.42 Å². The third-order valence-corrected chi connectivity index (χ3v) is 5.23. The number of aryl methyl sites for hydroxylation is 1. The maximum atomic E-state index is 11.8. The standard InChI is InChI=1S/C14H19NO2S/c15-18(16,17)14-9-10-5-1-2-6-11(10)12-7-3-4-8-13(12)14/h9H,1-8H2,(H2,15,16,17). The van der Waals surface area contributed by atoms with Crippen molar-refractivity contribution in [2.24, 2.45) is 5.14 Å². The van der Waals surface area contributed by atoms with E-state index in [4.69, 9.17) is 5.14 Å². The summed E-state index contributed by atoms with van der Waals surface area (Å²) < 4.78 is 23.5. The molecule has 3 nitrogen and oxygen atoms in total. The summed E-state index contributed by atoms with van der Waals surface area (Å²) in [6.07, 6.45) is 8.66. The zero-order chi connectivity index (χ0) is 12.8. The van der Waals surface area contributed by atoms with Crippen LogP contribution in [0, 0.1) is 0 Å². The minimum absolute atomic E-state index is 0.401. The van der Waals surface area contributed by atoms with Gasteiger partial charge in [0.25, 0.3) is 0 Å². The molecule has 2 aliphatic rings. The summed E-state index contributed by atoms with van der Waals surface area (Å²) in [6, 6.07) is 1.86. The minimum atomic E-state index is -3.58. The van der Waals surface area contributed by atoms with Gasteiger partial charge in [-0.25, -0.2) is 13.6 Å². The van der Waals surface area contributed by atoms with Crippen molar-refractivity contribution in [3.63, 3.8) is 0 Å². The lowest BCUT2D eigenvalue weighted by Crippen LogP contribution is -2.21. The smallest absolute Gasteiger partial charge is 0.225 e. The first-order valence-electron chi connectivity index (χ1n) is 6.76. The van der Waals surface area contributed by atoms with E-state index in [0.717, 1.165) is 44.1 Å². The number of sulfonamides is 1.